The third kappa shape index (κ3) is 10.9. The zero-order chi connectivity index (χ0) is 13.3. The first-order chi connectivity index (χ1) is 7.91. The van der Waals surface area contributed by atoms with Crippen molar-refractivity contribution < 1.29 is 0 Å². The van der Waals surface area contributed by atoms with Crippen molar-refractivity contribution in [2.24, 2.45) is 0 Å². The van der Waals surface area contributed by atoms with Crippen LogP contribution in [0.25, 0.3) is 0 Å². The lowest BCUT2D eigenvalue weighted by molar-refractivity contribution is 0.696. The van der Waals surface area contributed by atoms with Crippen molar-refractivity contribution in [1.29, 1.82) is 0 Å². The number of rotatable bonds is 10. The molecule has 0 rings (SSSR count). The average molecular weight is 338 g/mol. The number of halogens is 4. The molecule has 17 heavy (non-hydrogen) atoms. The molecule has 0 aliphatic heterocycles. The molecule has 0 aliphatic carbocycles. The second kappa shape index (κ2) is 10.2. The van der Waals surface area contributed by atoms with E-state index in [4.69, 9.17) is 45.4 Å². The summed E-state index contributed by atoms with van der Waals surface area (Å²) in [6, 6.07) is 1.78. The van der Waals surface area contributed by atoms with Crippen molar-refractivity contribution in [3.8, 4) is 0 Å². The Hall–Kier alpha value is 1.38. The van der Waals surface area contributed by atoms with Crippen LogP contribution in [0.1, 0.15) is 52.4 Å². The Morgan fingerprint density at radius 3 is 1.41 bits per heavy atom. The molecule has 5 heteroatoms. The van der Waals surface area contributed by atoms with Crippen molar-refractivity contribution in [1.82, 2.24) is 0 Å². The van der Waals surface area contributed by atoms with E-state index in [1.807, 2.05) is 0 Å². The third-order valence-electron chi connectivity index (χ3n) is 2.85. The highest BCUT2D eigenvalue weighted by molar-refractivity contribution is 7.45. The van der Waals surface area contributed by atoms with E-state index in [0.29, 0.717) is 0 Å². The molecule has 0 bridgehead atoms. The molecule has 2 unspecified atom stereocenters. The molecule has 104 valence electrons. The Kier molecular flexibility index (Phi) is 11.0. The summed E-state index contributed by atoms with van der Waals surface area (Å²) in [5.74, 6) is 0. The van der Waals surface area contributed by atoms with Crippen molar-refractivity contribution in [3.63, 3.8) is 0 Å². The molecule has 0 saturated heterocycles. The highest BCUT2D eigenvalue weighted by Crippen LogP contribution is 2.32. The summed E-state index contributed by atoms with van der Waals surface area (Å²) in [5, 5.41) is 0.457. The lowest BCUT2D eigenvalue weighted by Gasteiger charge is -2.19. The molecule has 0 saturated carbocycles. The van der Waals surface area contributed by atoms with Gasteiger partial charge in [-0.1, -0.05) is 26.7 Å². The fourth-order valence-electron chi connectivity index (χ4n) is 1.78. The predicted octanol–water partition coefficient (Wildman–Crippen LogP) is 6.50. The summed E-state index contributed by atoms with van der Waals surface area (Å²) in [6.45, 7) is 2.17. The molecule has 0 spiro atoms. The van der Waals surface area contributed by atoms with E-state index in [-0.39, 0.29) is 10.8 Å². The zero-order valence-corrected chi connectivity index (χ0v) is 14.8. The van der Waals surface area contributed by atoms with Gasteiger partial charge in [-0.05, 0) is 37.8 Å². The molecule has 2 atom stereocenters. The van der Waals surface area contributed by atoms with Crippen LogP contribution >= 0.6 is 45.4 Å². The number of hydrogen-bond donors (Lipinski definition) is 0. The minimum atomic E-state index is -2.11. The molecule has 0 aromatic carbocycles. The van der Waals surface area contributed by atoms with Crippen LogP contribution in [0.15, 0.2) is 0 Å². The quantitative estimate of drug-likeness (QED) is 0.242. The minimum Gasteiger partial charge on any atom is -0.146 e. The number of alkyl halides is 2. The highest BCUT2D eigenvalue weighted by atomic mass is 35.7. The smallest absolute Gasteiger partial charge is 0.146 e. The molecule has 0 fully saturated rings. The Balaban J connectivity index is 3.78. The molecule has 0 aromatic rings. The molecule has 0 aliphatic rings. The summed E-state index contributed by atoms with van der Waals surface area (Å²) >= 11 is 25.2. The van der Waals surface area contributed by atoms with E-state index in [1.165, 1.54) is 0 Å². The van der Waals surface area contributed by atoms with Crippen LogP contribution < -0.4 is 0 Å². The van der Waals surface area contributed by atoms with Crippen molar-refractivity contribution in [2.75, 3.05) is 0 Å². The largest absolute Gasteiger partial charge is 0.251 e. The summed E-state index contributed by atoms with van der Waals surface area (Å²) in [7, 11) is 0. The van der Waals surface area contributed by atoms with E-state index >= 15 is 0 Å². The summed E-state index contributed by atoms with van der Waals surface area (Å²) in [5.41, 5.74) is 0. The average Bonchev–Trinajstić information content (AvgIpc) is 2.25. The van der Waals surface area contributed by atoms with Gasteiger partial charge in [0.05, 0.1) is 0 Å². The third-order valence-corrected chi connectivity index (χ3v) is 8.03. The minimum absolute atomic E-state index is 0.229. The molecule has 0 aromatic heterocycles. The van der Waals surface area contributed by atoms with E-state index in [1.54, 1.807) is 0 Å². The maximum atomic E-state index is 6.41. The van der Waals surface area contributed by atoms with Gasteiger partial charge in [0.2, 0.25) is 0 Å². The van der Waals surface area contributed by atoms with Crippen LogP contribution in [0.4, 0.5) is 0 Å². The fourth-order valence-corrected chi connectivity index (χ4v) is 5.90. The van der Waals surface area contributed by atoms with Gasteiger partial charge in [0.15, 0.2) is 0 Å². The van der Waals surface area contributed by atoms with Crippen LogP contribution in [0, 0.1) is 0 Å². The van der Waals surface area contributed by atoms with Gasteiger partial charge in [0.25, 0.3) is 6.69 Å². The van der Waals surface area contributed by atoms with E-state index in [2.05, 4.69) is 13.8 Å². The molecule has 0 radical (unpaired) electrons. The predicted molar refractivity (Wildman–Crippen MR) is 85.4 cm³/mol. The maximum Gasteiger partial charge on any atom is 0.251 e. The molecule has 0 amide bonds. The summed E-state index contributed by atoms with van der Waals surface area (Å²) in [4.78, 5) is 0. The first kappa shape index (κ1) is 18.4. The lowest BCUT2D eigenvalue weighted by atomic mass is 10.2. The second-order valence-electron chi connectivity index (χ2n) is 4.71. The van der Waals surface area contributed by atoms with Crippen molar-refractivity contribution in [3.05, 3.63) is 0 Å². The Morgan fingerprint density at radius 2 is 1.12 bits per heavy atom. The molecular formula is C12H24Cl4Si. The standard InChI is InChI=1S/C12H24Cl4Si/c1-3-5-11(13)7-9-17(15,16)10-8-12(14)6-4-2/h11-12H,3-10H2,1-2H3. The van der Waals surface area contributed by atoms with Gasteiger partial charge >= 0.3 is 0 Å². The van der Waals surface area contributed by atoms with Crippen LogP contribution in [0.2, 0.25) is 12.1 Å². The van der Waals surface area contributed by atoms with Crippen LogP contribution in [0.3, 0.4) is 0 Å². The van der Waals surface area contributed by atoms with E-state index in [9.17, 15) is 0 Å². The van der Waals surface area contributed by atoms with Crippen molar-refractivity contribution >= 4 is 52.1 Å². The molecule has 0 nitrogen and oxygen atoms in total. The molecule has 0 N–H and O–H groups in total. The van der Waals surface area contributed by atoms with Gasteiger partial charge < -0.3 is 0 Å². The van der Waals surface area contributed by atoms with Crippen LogP contribution in [-0.4, -0.2) is 17.4 Å². The summed E-state index contributed by atoms with van der Waals surface area (Å²) < 4.78 is 0. The van der Waals surface area contributed by atoms with Gasteiger partial charge in [-0.25, -0.2) is 0 Å². The van der Waals surface area contributed by atoms with Crippen LogP contribution in [0.5, 0.6) is 0 Å². The Bertz CT molecular complexity index is 169. The summed E-state index contributed by atoms with van der Waals surface area (Å²) in [6.07, 6.45) is 6.22. The monoisotopic (exact) mass is 336 g/mol. The van der Waals surface area contributed by atoms with Gasteiger partial charge in [0.1, 0.15) is 0 Å². The van der Waals surface area contributed by atoms with E-state index in [0.717, 1.165) is 50.6 Å². The molecule has 0 heterocycles. The fraction of sp³-hybridized carbons (Fsp3) is 1.00. The van der Waals surface area contributed by atoms with Crippen LogP contribution in [-0.2, 0) is 0 Å². The lowest BCUT2D eigenvalue weighted by Crippen LogP contribution is -2.21. The maximum absolute atomic E-state index is 6.41. The zero-order valence-electron chi connectivity index (χ0n) is 10.8. The number of hydrogen-bond acceptors (Lipinski definition) is 0. The Labute approximate surface area is 127 Å². The van der Waals surface area contributed by atoms with Gasteiger partial charge in [0, 0.05) is 10.8 Å². The van der Waals surface area contributed by atoms with E-state index < -0.39 is 6.69 Å². The van der Waals surface area contributed by atoms with Gasteiger partial charge in [-0.3, -0.25) is 0 Å². The first-order valence-electron chi connectivity index (χ1n) is 6.57. The van der Waals surface area contributed by atoms with Crippen molar-refractivity contribution in [2.45, 2.75) is 75.2 Å². The SMILES string of the molecule is CCCC(Cl)CC[Si](Cl)(Cl)CCC(Cl)CCC. The molecular weight excluding hydrogens is 314 g/mol. The Morgan fingerprint density at radius 1 is 0.765 bits per heavy atom. The highest BCUT2D eigenvalue weighted by Gasteiger charge is 2.29. The normalized spacial score (nSPS) is 15.9. The van der Waals surface area contributed by atoms with Gasteiger partial charge in [-0.2, -0.15) is 0 Å². The topological polar surface area (TPSA) is 0 Å². The second-order valence-corrected chi connectivity index (χ2v) is 13.6. The van der Waals surface area contributed by atoms with Gasteiger partial charge in [-0.15, -0.1) is 45.4 Å². The first-order valence-corrected chi connectivity index (χ1v) is 11.9.